The standard InChI is InChI=1S/C26H26N2O2S/c1-17-10-13-21(14-11-17)31-25-15-12-20(16-24(25)27-18(2)29)26(30)28-23-9-5-7-19-6-3-4-8-22(19)23/h3-4,6,8,10-16,23H,5,7,9H2,1-2H3,(H,27,29)(H,28,30). The Bertz CT molecular complexity index is 1110. The second kappa shape index (κ2) is 9.40. The first-order chi connectivity index (χ1) is 15.0. The van der Waals surface area contributed by atoms with Crippen LogP contribution in [0.2, 0.25) is 0 Å². The Morgan fingerprint density at radius 2 is 1.77 bits per heavy atom. The highest BCUT2D eigenvalue weighted by atomic mass is 32.2. The zero-order valence-electron chi connectivity index (χ0n) is 17.8. The van der Waals surface area contributed by atoms with Crippen molar-refractivity contribution in [2.75, 3.05) is 5.32 Å². The Kier molecular flexibility index (Phi) is 6.42. The maximum Gasteiger partial charge on any atom is 0.251 e. The zero-order valence-corrected chi connectivity index (χ0v) is 18.6. The molecule has 4 rings (SSSR count). The van der Waals surface area contributed by atoms with E-state index in [4.69, 9.17) is 0 Å². The summed E-state index contributed by atoms with van der Waals surface area (Å²) in [5.74, 6) is -0.287. The lowest BCUT2D eigenvalue weighted by Gasteiger charge is -2.26. The summed E-state index contributed by atoms with van der Waals surface area (Å²) in [6, 6.07) is 22.0. The van der Waals surface area contributed by atoms with Gasteiger partial charge in [-0.25, -0.2) is 0 Å². The minimum atomic E-state index is -0.162. The topological polar surface area (TPSA) is 58.2 Å². The second-order valence-corrected chi connectivity index (χ2v) is 9.04. The van der Waals surface area contributed by atoms with Crippen LogP contribution in [0.1, 0.15) is 52.9 Å². The van der Waals surface area contributed by atoms with Crippen molar-refractivity contribution in [3.8, 4) is 0 Å². The first-order valence-electron chi connectivity index (χ1n) is 10.5. The molecule has 158 valence electrons. The molecule has 3 aromatic carbocycles. The predicted molar refractivity (Wildman–Crippen MR) is 126 cm³/mol. The van der Waals surface area contributed by atoms with E-state index >= 15 is 0 Å². The normalized spacial score (nSPS) is 15.1. The summed E-state index contributed by atoms with van der Waals surface area (Å²) < 4.78 is 0. The van der Waals surface area contributed by atoms with E-state index in [2.05, 4.69) is 54.0 Å². The van der Waals surface area contributed by atoms with Gasteiger partial charge in [0, 0.05) is 22.3 Å². The number of anilines is 1. The average Bonchev–Trinajstić information content (AvgIpc) is 2.76. The van der Waals surface area contributed by atoms with Crippen LogP contribution in [0.25, 0.3) is 0 Å². The molecule has 1 aliphatic carbocycles. The quantitative estimate of drug-likeness (QED) is 0.529. The fraction of sp³-hybridized carbons (Fsp3) is 0.231. The summed E-state index contributed by atoms with van der Waals surface area (Å²) in [6.07, 6.45) is 3.05. The molecule has 0 saturated heterocycles. The van der Waals surface area contributed by atoms with Crippen LogP contribution in [0, 0.1) is 6.92 Å². The number of fused-ring (bicyclic) bond motifs is 1. The van der Waals surface area contributed by atoms with E-state index in [-0.39, 0.29) is 17.9 Å². The molecule has 0 heterocycles. The lowest BCUT2D eigenvalue weighted by atomic mass is 9.87. The third-order valence-corrected chi connectivity index (χ3v) is 6.56. The zero-order chi connectivity index (χ0) is 21.8. The van der Waals surface area contributed by atoms with Crippen LogP contribution in [0.15, 0.2) is 76.5 Å². The number of rotatable bonds is 5. The third-order valence-electron chi connectivity index (χ3n) is 5.48. The first kappa shape index (κ1) is 21.2. The lowest BCUT2D eigenvalue weighted by molar-refractivity contribution is -0.114. The van der Waals surface area contributed by atoms with Gasteiger partial charge < -0.3 is 10.6 Å². The number of amides is 2. The molecule has 0 aromatic heterocycles. The molecule has 2 amide bonds. The van der Waals surface area contributed by atoms with Crippen molar-refractivity contribution < 1.29 is 9.59 Å². The lowest BCUT2D eigenvalue weighted by Crippen LogP contribution is -2.31. The number of nitrogens with one attached hydrogen (secondary N) is 2. The molecule has 0 bridgehead atoms. The maximum atomic E-state index is 13.0. The minimum Gasteiger partial charge on any atom is -0.345 e. The molecule has 0 aliphatic heterocycles. The Labute approximate surface area is 187 Å². The molecular formula is C26H26N2O2S. The van der Waals surface area contributed by atoms with Gasteiger partial charge in [-0.05, 0) is 67.6 Å². The van der Waals surface area contributed by atoms with E-state index in [0.29, 0.717) is 11.3 Å². The van der Waals surface area contributed by atoms with Gasteiger partial charge in [-0.2, -0.15) is 0 Å². The van der Waals surface area contributed by atoms with Crippen LogP contribution in [0.4, 0.5) is 5.69 Å². The monoisotopic (exact) mass is 430 g/mol. The fourth-order valence-corrected chi connectivity index (χ4v) is 4.81. The van der Waals surface area contributed by atoms with Crippen molar-refractivity contribution in [3.63, 3.8) is 0 Å². The number of carbonyl (C=O) groups is 2. The highest BCUT2D eigenvalue weighted by Crippen LogP contribution is 2.35. The summed E-state index contributed by atoms with van der Waals surface area (Å²) in [6.45, 7) is 3.53. The Hall–Kier alpha value is -3.05. The van der Waals surface area contributed by atoms with Gasteiger partial charge in [0.1, 0.15) is 0 Å². The number of hydrogen-bond acceptors (Lipinski definition) is 3. The van der Waals surface area contributed by atoms with Crippen molar-refractivity contribution in [1.29, 1.82) is 0 Å². The van der Waals surface area contributed by atoms with E-state index in [1.807, 2.05) is 24.3 Å². The SMILES string of the molecule is CC(=O)Nc1cc(C(=O)NC2CCCc3ccccc32)ccc1Sc1ccc(C)cc1. The van der Waals surface area contributed by atoms with E-state index in [9.17, 15) is 9.59 Å². The molecule has 4 nitrogen and oxygen atoms in total. The van der Waals surface area contributed by atoms with Crippen LogP contribution >= 0.6 is 11.8 Å². The minimum absolute atomic E-state index is 0.0169. The van der Waals surface area contributed by atoms with Crippen LogP contribution in [-0.4, -0.2) is 11.8 Å². The molecule has 31 heavy (non-hydrogen) atoms. The van der Waals surface area contributed by atoms with Gasteiger partial charge in [0.15, 0.2) is 0 Å². The second-order valence-electron chi connectivity index (χ2n) is 7.92. The molecule has 1 unspecified atom stereocenters. The third kappa shape index (κ3) is 5.17. The van der Waals surface area contributed by atoms with Gasteiger partial charge in [0.05, 0.1) is 11.7 Å². The van der Waals surface area contributed by atoms with Crippen molar-refractivity contribution in [1.82, 2.24) is 5.32 Å². The Balaban J connectivity index is 1.56. The molecule has 0 spiro atoms. The summed E-state index contributed by atoms with van der Waals surface area (Å²) in [5.41, 5.74) is 4.90. The molecule has 5 heteroatoms. The Morgan fingerprint density at radius 3 is 2.55 bits per heavy atom. The molecule has 3 aromatic rings. The molecule has 1 atom stereocenters. The molecule has 2 N–H and O–H groups in total. The fourth-order valence-electron chi connectivity index (χ4n) is 3.93. The highest BCUT2D eigenvalue weighted by Gasteiger charge is 2.22. The molecule has 1 aliphatic rings. The van der Waals surface area contributed by atoms with Gasteiger partial charge in [-0.1, -0.05) is 53.7 Å². The maximum absolute atomic E-state index is 13.0. The van der Waals surface area contributed by atoms with E-state index in [1.165, 1.54) is 23.6 Å². The summed E-state index contributed by atoms with van der Waals surface area (Å²) in [7, 11) is 0. The van der Waals surface area contributed by atoms with Crippen molar-refractivity contribution in [2.45, 2.75) is 48.9 Å². The van der Waals surface area contributed by atoms with Gasteiger partial charge in [0.25, 0.3) is 5.91 Å². The van der Waals surface area contributed by atoms with Crippen molar-refractivity contribution in [2.24, 2.45) is 0 Å². The number of aryl methyl sites for hydroxylation is 2. The van der Waals surface area contributed by atoms with Crippen molar-refractivity contribution >= 4 is 29.3 Å². The van der Waals surface area contributed by atoms with Gasteiger partial charge in [0.2, 0.25) is 5.91 Å². The molecule has 0 saturated carbocycles. The van der Waals surface area contributed by atoms with Crippen LogP contribution in [0.3, 0.4) is 0 Å². The number of hydrogen-bond donors (Lipinski definition) is 2. The van der Waals surface area contributed by atoms with E-state index < -0.39 is 0 Å². The molecular weight excluding hydrogens is 404 g/mol. The molecule has 0 fully saturated rings. The number of carbonyl (C=O) groups excluding carboxylic acids is 2. The predicted octanol–water partition coefficient (Wildman–Crippen LogP) is 5.91. The van der Waals surface area contributed by atoms with Crippen LogP contribution < -0.4 is 10.6 Å². The van der Waals surface area contributed by atoms with E-state index in [1.54, 1.807) is 17.8 Å². The van der Waals surface area contributed by atoms with Gasteiger partial charge in [-0.3, -0.25) is 9.59 Å². The molecule has 0 radical (unpaired) electrons. The summed E-state index contributed by atoms with van der Waals surface area (Å²) in [4.78, 5) is 26.8. The average molecular weight is 431 g/mol. The smallest absolute Gasteiger partial charge is 0.251 e. The highest BCUT2D eigenvalue weighted by molar-refractivity contribution is 7.99. The Morgan fingerprint density at radius 1 is 1.00 bits per heavy atom. The first-order valence-corrected chi connectivity index (χ1v) is 11.4. The summed E-state index contributed by atoms with van der Waals surface area (Å²) >= 11 is 1.57. The largest absolute Gasteiger partial charge is 0.345 e. The van der Waals surface area contributed by atoms with Crippen molar-refractivity contribution in [3.05, 3.63) is 89.0 Å². The van der Waals surface area contributed by atoms with Crippen LogP contribution in [-0.2, 0) is 11.2 Å². The summed E-state index contributed by atoms with van der Waals surface area (Å²) in [5, 5.41) is 6.07. The number of benzene rings is 3. The van der Waals surface area contributed by atoms with Crippen LogP contribution in [0.5, 0.6) is 0 Å². The van der Waals surface area contributed by atoms with Gasteiger partial charge in [-0.15, -0.1) is 0 Å². The van der Waals surface area contributed by atoms with Gasteiger partial charge >= 0.3 is 0 Å². The van der Waals surface area contributed by atoms with E-state index in [0.717, 1.165) is 29.1 Å².